The predicted octanol–water partition coefficient (Wildman–Crippen LogP) is 4.28. The standard InChI is InChI=1S/C13H12Cl2O2/c1-7-6-10(8(2)17-7)13(16)9-4-3-5-11(14)12(9)15/h3-6,13,16H,1-2H3. The minimum Gasteiger partial charge on any atom is -0.466 e. The maximum Gasteiger partial charge on any atom is 0.109 e. The van der Waals surface area contributed by atoms with E-state index < -0.39 is 6.10 Å². The lowest BCUT2D eigenvalue weighted by atomic mass is 10.0. The van der Waals surface area contributed by atoms with E-state index in [2.05, 4.69) is 0 Å². The van der Waals surface area contributed by atoms with Crippen molar-refractivity contribution in [2.24, 2.45) is 0 Å². The van der Waals surface area contributed by atoms with E-state index >= 15 is 0 Å². The molecule has 1 N–H and O–H groups in total. The first-order valence-electron chi connectivity index (χ1n) is 5.19. The Morgan fingerprint density at radius 2 is 1.88 bits per heavy atom. The van der Waals surface area contributed by atoms with Crippen molar-refractivity contribution in [2.75, 3.05) is 0 Å². The van der Waals surface area contributed by atoms with Crippen molar-refractivity contribution < 1.29 is 9.52 Å². The van der Waals surface area contributed by atoms with E-state index in [1.54, 1.807) is 24.3 Å². The van der Waals surface area contributed by atoms with E-state index in [-0.39, 0.29) is 0 Å². The number of furan rings is 1. The highest BCUT2D eigenvalue weighted by molar-refractivity contribution is 6.42. The van der Waals surface area contributed by atoms with Gasteiger partial charge in [0.1, 0.15) is 17.6 Å². The van der Waals surface area contributed by atoms with E-state index in [1.165, 1.54) is 0 Å². The second-order valence-corrected chi connectivity index (χ2v) is 4.70. The SMILES string of the molecule is Cc1cc(C(O)c2cccc(Cl)c2Cl)c(C)o1. The zero-order chi connectivity index (χ0) is 12.6. The van der Waals surface area contributed by atoms with Crippen LogP contribution in [-0.4, -0.2) is 5.11 Å². The smallest absolute Gasteiger partial charge is 0.109 e. The van der Waals surface area contributed by atoms with Gasteiger partial charge >= 0.3 is 0 Å². The second kappa shape index (κ2) is 4.73. The lowest BCUT2D eigenvalue weighted by Gasteiger charge is -2.12. The molecule has 0 amide bonds. The van der Waals surface area contributed by atoms with E-state index in [1.807, 2.05) is 13.8 Å². The molecule has 2 rings (SSSR count). The maximum atomic E-state index is 10.3. The molecule has 90 valence electrons. The Kier molecular flexibility index (Phi) is 3.48. The van der Waals surface area contributed by atoms with Gasteiger partial charge in [0, 0.05) is 11.1 Å². The molecule has 17 heavy (non-hydrogen) atoms. The molecular weight excluding hydrogens is 259 g/mol. The molecular formula is C13H12Cl2O2. The molecule has 1 heterocycles. The molecule has 0 aliphatic rings. The molecule has 1 unspecified atom stereocenters. The third-order valence-corrected chi connectivity index (χ3v) is 3.48. The number of rotatable bonds is 2. The van der Waals surface area contributed by atoms with Crippen molar-refractivity contribution in [1.29, 1.82) is 0 Å². The van der Waals surface area contributed by atoms with Crippen LogP contribution in [0.1, 0.15) is 28.8 Å². The van der Waals surface area contributed by atoms with E-state index in [0.717, 1.165) is 5.76 Å². The highest BCUT2D eigenvalue weighted by Gasteiger charge is 2.19. The number of aliphatic hydroxyl groups excluding tert-OH is 1. The van der Waals surface area contributed by atoms with Crippen molar-refractivity contribution in [2.45, 2.75) is 20.0 Å². The highest BCUT2D eigenvalue weighted by Crippen LogP contribution is 2.34. The number of benzene rings is 1. The Hall–Kier alpha value is -0.960. The molecule has 0 aliphatic heterocycles. The van der Waals surface area contributed by atoms with Crippen LogP contribution in [0.25, 0.3) is 0 Å². The summed E-state index contributed by atoms with van der Waals surface area (Å²) < 4.78 is 5.39. The van der Waals surface area contributed by atoms with E-state index in [0.29, 0.717) is 26.9 Å². The topological polar surface area (TPSA) is 33.4 Å². The van der Waals surface area contributed by atoms with Crippen LogP contribution < -0.4 is 0 Å². The number of halogens is 2. The van der Waals surface area contributed by atoms with E-state index in [9.17, 15) is 5.11 Å². The molecule has 0 fully saturated rings. The van der Waals surface area contributed by atoms with E-state index in [4.69, 9.17) is 27.6 Å². The van der Waals surface area contributed by atoms with Crippen LogP contribution >= 0.6 is 23.2 Å². The van der Waals surface area contributed by atoms with Gasteiger partial charge in [0.2, 0.25) is 0 Å². The zero-order valence-corrected chi connectivity index (χ0v) is 11.0. The van der Waals surface area contributed by atoms with Gasteiger partial charge in [0.15, 0.2) is 0 Å². The molecule has 1 atom stereocenters. The molecule has 0 radical (unpaired) electrons. The van der Waals surface area contributed by atoms with Gasteiger partial charge in [0.25, 0.3) is 0 Å². The van der Waals surface area contributed by atoms with Crippen molar-refractivity contribution in [3.63, 3.8) is 0 Å². The molecule has 0 saturated heterocycles. The van der Waals surface area contributed by atoms with Crippen LogP contribution in [0, 0.1) is 13.8 Å². The van der Waals surface area contributed by atoms with Crippen molar-refractivity contribution in [3.8, 4) is 0 Å². The summed E-state index contributed by atoms with van der Waals surface area (Å²) in [7, 11) is 0. The fraction of sp³-hybridized carbons (Fsp3) is 0.231. The summed E-state index contributed by atoms with van der Waals surface area (Å²) in [5.74, 6) is 1.45. The normalized spacial score (nSPS) is 12.8. The average molecular weight is 271 g/mol. The average Bonchev–Trinajstić information content (AvgIpc) is 2.61. The van der Waals surface area contributed by atoms with Crippen LogP contribution in [-0.2, 0) is 0 Å². The molecule has 0 spiro atoms. The monoisotopic (exact) mass is 270 g/mol. The van der Waals surface area contributed by atoms with Gasteiger partial charge in [-0.3, -0.25) is 0 Å². The summed E-state index contributed by atoms with van der Waals surface area (Å²) >= 11 is 12.0. The Bertz CT molecular complexity index is 546. The first-order chi connectivity index (χ1) is 8.00. The van der Waals surface area contributed by atoms with Crippen LogP contribution in [0.2, 0.25) is 10.0 Å². The number of aryl methyl sites for hydroxylation is 2. The summed E-state index contributed by atoms with van der Waals surface area (Å²) in [4.78, 5) is 0. The zero-order valence-electron chi connectivity index (χ0n) is 9.50. The fourth-order valence-electron chi connectivity index (χ4n) is 1.82. The Morgan fingerprint density at radius 3 is 2.47 bits per heavy atom. The van der Waals surface area contributed by atoms with Crippen LogP contribution in [0.3, 0.4) is 0 Å². The quantitative estimate of drug-likeness (QED) is 0.884. The van der Waals surface area contributed by atoms with Gasteiger partial charge in [-0.2, -0.15) is 0 Å². The fourth-order valence-corrected chi connectivity index (χ4v) is 2.23. The lowest BCUT2D eigenvalue weighted by molar-refractivity contribution is 0.218. The van der Waals surface area contributed by atoms with Crippen molar-refractivity contribution >= 4 is 23.2 Å². The summed E-state index contributed by atoms with van der Waals surface area (Å²) in [6.07, 6.45) is -0.821. The number of hydrogen-bond donors (Lipinski definition) is 1. The first-order valence-corrected chi connectivity index (χ1v) is 5.95. The molecule has 0 saturated carbocycles. The third-order valence-electron chi connectivity index (χ3n) is 2.65. The van der Waals surface area contributed by atoms with Crippen molar-refractivity contribution in [3.05, 3.63) is 57.0 Å². The summed E-state index contributed by atoms with van der Waals surface area (Å²) in [6, 6.07) is 7.00. The van der Waals surface area contributed by atoms with Gasteiger partial charge in [-0.25, -0.2) is 0 Å². The molecule has 4 heteroatoms. The first kappa shape index (κ1) is 12.5. The van der Waals surface area contributed by atoms with Gasteiger partial charge in [0.05, 0.1) is 10.0 Å². The second-order valence-electron chi connectivity index (χ2n) is 3.91. The van der Waals surface area contributed by atoms with Crippen LogP contribution in [0.4, 0.5) is 0 Å². The number of hydrogen-bond acceptors (Lipinski definition) is 2. The van der Waals surface area contributed by atoms with Gasteiger partial charge in [-0.05, 0) is 26.0 Å². The lowest BCUT2D eigenvalue weighted by Crippen LogP contribution is -2.00. The third kappa shape index (κ3) is 2.34. The summed E-state index contributed by atoms with van der Waals surface area (Å²) in [6.45, 7) is 3.65. The molecule has 2 nitrogen and oxygen atoms in total. The van der Waals surface area contributed by atoms with Crippen LogP contribution in [0.5, 0.6) is 0 Å². The summed E-state index contributed by atoms with van der Waals surface area (Å²) in [5, 5.41) is 11.1. The van der Waals surface area contributed by atoms with Crippen molar-refractivity contribution in [1.82, 2.24) is 0 Å². The summed E-state index contributed by atoms with van der Waals surface area (Å²) in [5.41, 5.74) is 1.30. The largest absolute Gasteiger partial charge is 0.466 e. The molecule has 0 bridgehead atoms. The maximum absolute atomic E-state index is 10.3. The molecule has 1 aromatic heterocycles. The Labute approximate surface area is 110 Å². The highest BCUT2D eigenvalue weighted by atomic mass is 35.5. The Morgan fingerprint density at radius 1 is 1.18 bits per heavy atom. The molecule has 1 aromatic carbocycles. The molecule has 2 aromatic rings. The van der Waals surface area contributed by atoms with Crippen LogP contribution in [0.15, 0.2) is 28.7 Å². The minimum atomic E-state index is -0.821. The Balaban J connectivity index is 2.47. The molecule has 0 aliphatic carbocycles. The van der Waals surface area contributed by atoms with Gasteiger partial charge in [-0.15, -0.1) is 0 Å². The predicted molar refractivity (Wildman–Crippen MR) is 68.7 cm³/mol. The number of aliphatic hydroxyl groups is 1. The van der Waals surface area contributed by atoms with Gasteiger partial charge in [-0.1, -0.05) is 35.3 Å². The van der Waals surface area contributed by atoms with Gasteiger partial charge < -0.3 is 9.52 Å². The minimum absolute atomic E-state index is 0.375.